The van der Waals surface area contributed by atoms with E-state index in [4.69, 9.17) is 9.15 Å². The molecule has 4 aromatic rings. The van der Waals surface area contributed by atoms with Crippen molar-refractivity contribution in [3.63, 3.8) is 0 Å². The summed E-state index contributed by atoms with van der Waals surface area (Å²) in [4.78, 5) is 17.5. The molecule has 0 saturated carbocycles. The largest absolute Gasteiger partial charge is 0.417 e. The minimum atomic E-state index is -2.88. The van der Waals surface area contributed by atoms with E-state index < -0.39 is 42.6 Å². The highest BCUT2D eigenvalue weighted by molar-refractivity contribution is 6.00. The number of carbonyl (C=O) groups is 1. The Morgan fingerprint density at radius 1 is 1.24 bits per heavy atom. The van der Waals surface area contributed by atoms with Gasteiger partial charge in [0.2, 0.25) is 5.89 Å². The predicted molar refractivity (Wildman–Crippen MR) is 141 cm³/mol. The summed E-state index contributed by atoms with van der Waals surface area (Å²) in [7, 11) is 0. The van der Waals surface area contributed by atoms with Gasteiger partial charge >= 0.3 is 6.43 Å². The molecule has 220 valence electrons. The number of nitriles is 1. The topological polar surface area (TPSA) is 163 Å². The van der Waals surface area contributed by atoms with Crippen molar-refractivity contribution >= 4 is 17.1 Å². The molecule has 1 amide bonds. The zero-order valence-corrected chi connectivity index (χ0v) is 22.6. The summed E-state index contributed by atoms with van der Waals surface area (Å²) >= 11 is 0. The smallest absolute Gasteiger partial charge is 0.314 e. The second-order valence-electron chi connectivity index (χ2n) is 10.4. The molecule has 1 aliphatic rings. The monoisotopic (exact) mass is 584 g/mol. The van der Waals surface area contributed by atoms with Crippen LogP contribution in [0, 0.1) is 11.3 Å². The van der Waals surface area contributed by atoms with E-state index in [0.717, 1.165) is 0 Å². The molecule has 0 radical (unpaired) electrons. The van der Waals surface area contributed by atoms with Crippen LogP contribution in [0.25, 0.3) is 16.9 Å². The zero-order chi connectivity index (χ0) is 30.0. The van der Waals surface area contributed by atoms with Gasteiger partial charge in [-0.2, -0.15) is 19.1 Å². The Kier molecular flexibility index (Phi) is 8.10. The van der Waals surface area contributed by atoms with Crippen molar-refractivity contribution in [1.82, 2.24) is 30.1 Å². The molecule has 12 nitrogen and oxygen atoms in total. The van der Waals surface area contributed by atoms with Gasteiger partial charge in [-0.1, -0.05) is 0 Å². The number of aromatic nitrogens is 5. The Hall–Kier alpha value is -4.55. The molecule has 0 aliphatic carbocycles. The average molecular weight is 585 g/mol. The lowest BCUT2D eigenvalue weighted by molar-refractivity contribution is -0.0102. The lowest BCUT2D eigenvalue weighted by atomic mass is 10.0. The highest BCUT2D eigenvalue weighted by Crippen LogP contribution is 2.32. The SMILES string of the molecule is CC(C)(O)[C@H](F)CNC(=O)c1cnc(-c2ccc3cc(C#N)cnn23)cc1N[C@@H]1CC[C@@H](c2nnc(C(F)F)o2)OC1. The molecule has 0 bridgehead atoms. The Balaban J connectivity index is 1.38. The first-order chi connectivity index (χ1) is 20.0. The first-order valence-corrected chi connectivity index (χ1v) is 13.1. The number of fused-ring (bicyclic) bond motifs is 1. The number of pyridine rings is 1. The van der Waals surface area contributed by atoms with Crippen LogP contribution in [-0.4, -0.2) is 66.8 Å². The van der Waals surface area contributed by atoms with Gasteiger partial charge in [0.15, 0.2) is 0 Å². The fraction of sp³-hybridized carbons (Fsp3) is 0.407. The molecule has 5 rings (SSSR count). The van der Waals surface area contributed by atoms with E-state index in [-0.39, 0.29) is 24.1 Å². The van der Waals surface area contributed by atoms with Gasteiger partial charge in [0.05, 0.1) is 58.7 Å². The Morgan fingerprint density at radius 2 is 2.05 bits per heavy atom. The fourth-order valence-corrected chi connectivity index (χ4v) is 4.42. The van der Waals surface area contributed by atoms with Crippen LogP contribution in [0.1, 0.15) is 66.9 Å². The quantitative estimate of drug-likeness (QED) is 0.264. The summed E-state index contributed by atoms with van der Waals surface area (Å²) < 4.78 is 52.4. The molecule has 0 aromatic carbocycles. The van der Waals surface area contributed by atoms with Crippen molar-refractivity contribution in [1.29, 1.82) is 5.26 Å². The predicted octanol–water partition coefficient (Wildman–Crippen LogP) is 3.76. The number of hydrogen-bond donors (Lipinski definition) is 3. The van der Waals surface area contributed by atoms with E-state index in [1.807, 2.05) is 6.07 Å². The molecule has 15 heteroatoms. The maximum Gasteiger partial charge on any atom is 0.314 e. The summed E-state index contributed by atoms with van der Waals surface area (Å²) in [5.74, 6) is -1.42. The van der Waals surface area contributed by atoms with Gasteiger partial charge in [-0.05, 0) is 51.0 Å². The number of amides is 1. The van der Waals surface area contributed by atoms with Crippen LogP contribution >= 0.6 is 0 Å². The molecule has 4 aromatic heterocycles. The van der Waals surface area contributed by atoms with Crippen molar-refractivity contribution < 1.29 is 32.2 Å². The normalized spacial score (nSPS) is 18.1. The van der Waals surface area contributed by atoms with Crippen LogP contribution < -0.4 is 10.6 Å². The zero-order valence-electron chi connectivity index (χ0n) is 22.6. The first kappa shape index (κ1) is 29.0. The van der Waals surface area contributed by atoms with Crippen LogP contribution in [0.2, 0.25) is 0 Å². The van der Waals surface area contributed by atoms with E-state index in [2.05, 4.69) is 30.9 Å². The molecule has 0 unspecified atom stereocenters. The standard InChI is InChI=1S/C27H27F3N8O4/c1-27(2,40)22(28)12-33-24(39)17-11-32-19(20-5-4-16-7-14(9-31)10-34-38(16)20)8-18(17)35-15-3-6-21(41-13-15)25-36-37-26(42-25)23(29)30/h4-5,7-8,10-11,15,21-23,40H,3,6,12-13H2,1-2H3,(H,32,35)(H,33,39)/t15-,21+,22-/m1/s1. The van der Waals surface area contributed by atoms with E-state index in [9.17, 15) is 28.3 Å². The van der Waals surface area contributed by atoms with Gasteiger partial charge in [0, 0.05) is 12.2 Å². The van der Waals surface area contributed by atoms with Gasteiger partial charge in [0.1, 0.15) is 18.3 Å². The molecule has 1 saturated heterocycles. The summed E-state index contributed by atoms with van der Waals surface area (Å²) in [6.45, 7) is 2.33. The molecule has 1 aliphatic heterocycles. The Labute approximate surface area is 237 Å². The number of carbonyl (C=O) groups excluding carboxylic acids is 1. The maximum atomic E-state index is 14.3. The van der Waals surface area contributed by atoms with E-state index in [0.29, 0.717) is 41.0 Å². The third-order valence-corrected chi connectivity index (χ3v) is 6.80. The summed E-state index contributed by atoms with van der Waals surface area (Å²) in [5, 5.41) is 36.2. The van der Waals surface area contributed by atoms with Crippen molar-refractivity contribution in [3.8, 4) is 17.5 Å². The third kappa shape index (κ3) is 6.19. The molecule has 0 spiro atoms. The molecule has 5 heterocycles. The Bertz CT molecular complexity index is 1620. The number of nitrogens with one attached hydrogen (secondary N) is 2. The molecular formula is C27H27F3N8O4. The maximum absolute atomic E-state index is 14.3. The molecule has 3 atom stereocenters. The van der Waals surface area contributed by atoms with Crippen molar-refractivity contribution in [2.24, 2.45) is 0 Å². The number of rotatable bonds is 9. The highest BCUT2D eigenvalue weighted by atomic mass is 19.3. The minimum absolute atomic E-state index is 0.0326. The number of hydrogen-bond acceptors (Lipinski definition) is 10. The number of ether oxygens (including phenoxy) is 1. The summed E-state index contributed by atoms with van der Waals surface area (Å²) in [5.41, 5.74) is 0.994. The highest BCUT2D eigenvalue weighted by Gasteiger charge is 2.30. The van der Waals surface area contributed by atoms with E-state index in [1.165, 1.54) is 26.2 Å². The molecule has 1 fully saturated rings. The first-order valence-electron chi connectivity index (χ1n) is 13.1. The van der Waals surface area contributed by atoms with Crippen molar-refractivity contribution in [2.45, 2.75) is 57.0 Å². The van der Waals surface area contributed by atoms with Crippen LogP contribution in [-0.2, 0) is 4.74 Å². The average Bonchev–Trinajstić information content (AvgIpc) is 3.63. The second-order valence-corrected chi connectivity index (χ2v) is 10.4. The number of alkyl halides is 3. The molecule has 3 N–H and O–H groups in total. The number of halogens is 3. The van der Waals surface area contributed by atoms with Gasteiger partial charge < -0.3 is 24.9 Å². The van der Waals surface area contributed by atoms with Gasteiger partial charge in [-0.3, -0.25) is 9.78 Å². The van der Waals surface area contributed by atoms with Gasteiger partial charge in [-0.15, -0.1) is 10.2 Å². The third-order valence-electron chi connectivity index (χ3n) is 6.80. The molecular weight excluding hydrogens is 557 g/mol. The fourth-order valence-electron chi connectivity index (χ4n) is 4.42. The van der Waals surface area contributed by atoms with Gasteiger partial charge in [-0.25, -0.2) is 8.91 Å². The van der Waals surface area contributed by atoms with E-state index >= 15 is 0 Å². The van der Waals surface area contributed by atoms with Gasteiger partial charge in [0.25, 0.3) is 11.8 Å². The Morgan fingerprint density at radius 3 is 2.71 bits per heavy atom. The number of nitrogens with zero attached hydrogens (tertiary/aromatic N) is 6. The van der Waals surface area contributed by atoms with Crippen LogP contribution in [0.4, 0.5) is 18.9 Å². The van der Waals surface area contributed by atoms with E-state index in [1.54, 1.807) is 28.8 Å². The molecule has 42 heavy (non-hydrogen) atoms. The lowest BCUT2D eigenvalue weighted by Gasteiger charge is -2.29. The van der Waals surface area contributed by atoms with Crippen molar-refractivity contribution in [2.75, 3.05) is 18.5 Å². The minimum Gasteiger partial charge on any atom is -0.417 e. The van der Waals surface area contributed by atoms with Crippen molar-refractivity contribution in [3.05, 3.63) is 59.6 Å². The van der Waals surface area contributed by atoms with Crippen LogP contribution in [0.3, 0.4) is 0 Å². The van der Waals surface area contributed by atoms with Crippen LogP contribution in [0.5, 0.6) is 0 Å². The second kappa shape index (κ2) is 11.7. The summed E-state index contributed by atoms with van der Waals surface area (Å²) in [6.07, 6.45) is -1.58. The summed E-state index contributed by atoms with van der Waals surface area (Å²) in [6, 6.07) is 8.63. The number of anilines is 1. The number of aliphatic hydroxyl groups is 1. The van der Waals surface area contributed by atoms with Crippen LogP contribution in [0.15, 0.2) is 41.1 Å². The lowest BCUT2D eigenvalue weighted by Crippen LogP contribution is -2.42.